The van der Waals surface area contributed by atoms with E-state index in [4.69, 9.17) is 27.9 Å². The van der Waals surface area contributed by atoms with Crippen molar-refractivity contribution in [2.45, 2.75) is 0 Å². The topological polar surface area (TPSA) is 88.1 Å². The Labute approximate surface area is 152 Å². The number of para-hydroxylation sites is 1. The molecule has 1 N–H and O–H groups in total. The number of aromatic carboxylic acids is 1. The van der Waals surface area contributed by atoms with Crippen molar-refractivity contribution in [1.82, 2.24) is 9.78 Å². The molecule has 0 amide bonds. The second-order valence-electron chi connectivity index (χ2n) is 4.86. The lowest BCUT2D eigenvalue weighted by Crippen LogP contribution is -2.03. The van der Waals surface area contributed by atoms with Crippen molar-refractivity contribution >= 4 is 29.2 Å². The Kier molecular flexibility index (Phi) is 4.61. The van der Waals surface area contributed by atoms with E-state index in [9.17, 15) is 15.2 Å². The lowest BCUT2D eigenvalue weighted by Gasteiger charge is -2.10. The first kappa shape index (κ1) is 16.8. The van der Waals surface area contributed by atoms with E-state index in [1.807, 2.05) is 6.07 Å². The van der Waals surface area contributed by atoms with Gasteiger partial charge in [0, 0.05) is 5.02 Å². The summed E-state index contributed by atoms with van der Waals surface area (Å²) in [5.74, 6) is -1.02. The van der Waals surface area contributed by atoms with Crippen LogP contribution in [0, 0.1) is 11.3 Å². The Hall–Kier alpha value is -3.01. The highest BCUT2D eigenvalue weighted by molar-refractivity contribution is 6.32. The van der Waals surface area contributed by atoms with Crippen LogP contribution in [0.1, 0.15) is 16.1 Å². The van der Waals surface area contributed by atoms with Crippen LogP contribution in [0.3, 0.4) is 0 Å². The van der Waals surface area contributed by atoms with Crippen LogP contribution in [0.25, 0.3) is 5.69 Å². The summed E-state index contributed by atoms with van der Waals surface area (Å²) < 4.78 is 6.92. The Bertz CT molecular complexity index is 991. The van der Waals surface area contributed by atoms with Gasteiger partial charge in [-0.2, -0.15) is 15.0 Å². The van der Waals surface area contributed by atoms with E-state index in [0.29, 0.717) is 21.5 Å². The van der Waals surface area contributed by atoms with Crippen molar-refractivity contribution in [3.63, 3.8) is 0 Å². The van der Waals surface area contributed by atoms with Crippen LogP contribution in [0.5, 0.6) is 11.6 Å². The Morgan fingerprint density at radius 2 is 1.84 bits per heavy atom. The fourth-order valence-corrected chi connectivity index (χ4v) is 2.49. The summed E-state index contributed by atoms with van der Waals surface area (Å²) >= 11 is 12.0. The number of ether oxygens (including phenoxy) is 1. The number of halogens is 2. The second-order valence-corrected chi connectivity index (χ2v) is 5.71. The van der Waals surface area contributed by atoms with Gasteiger partial charge in [-0.05, 0) is 36.4 Å². The van der Waals surface area contributed by atoms with Gasteiger partial charge in [0.2, 0.25) is 5.88 Å². The average molecular weight is 374 g/mol. The summed E-state index contributed by atoms with van der Waals surface area (Å²) in [5.41, 5.74) is -0.245. The smallest absolute Gasteiger partial charge is 0.357 e. The molecule has 8 heteroatoms. The molecule has 0 fully saturated rings. The van der Waals surface area contributed by atoms with Crippen LogP contribution >= 0.6 is 23.2 Å². The Balaban J connectivity index is 2.20. The van der Waals surface area contributed by atoms with Crippen LogP contribution < -0.4 is 4.74 Å². The summed E-state index contributed by atoms with van der Waals surface area (Å²) in [5, 5.41) is 23.5. The number of hydrogen-bond donors (Lipinski definition) is 1. The van der Waals surface area contributed by atoms with Gasteiger partial charge >= 0.3 is 5.97 Å². The number of carboxylic acids is 1. The largest absolute Gasteiger partial charge is 0.476 e. The number of carbonyl (C=O) groups is 1. The zero-order valence-electron chi connectivity index (χ0n) is 12.5. The van der Waals surface area contributed by atoms with Gasteiger partial charge in [-0.3, -0.25) is 0 Å². The highest BCUT2D eigenvalue weighted by atomic mass is 35.5. The van der Waals surface area contributed by atoms with E-state index in [-0.39, 0.29) is 11.4 Å². The van der Waals surface area contributed by atoms with Gasteiger partial charge in [0.05, 0.1) is 10.7 Å². The third-order valence-electron chi connectivity index (χ3n) is 3.27. The van der Waals surface area contributed by atoms with E-state index >= 15 is 0 Å². The minimum absolute atomic E-state index is 0.0460. The minimum atomic E-state index is -1.34. The van der Waals surface area contributed by atoms with Crippen LogP contribution in [0.15, 0.2) is 48.5 Å². The summed E-state index contributed by atoms with van der Waals surface area (Å²) in [6.07, 6.45) is 0. The number of carboxylic acid groups (broad SMARTS) is 1. The van der Waals surface area contributed by atoms with E-state index in [0.717, 1.165) is 0 Å². The first-order chi connectivity index (χ1) is 12.0. The van der Waals surface area contributed by atoms with Gasteiger partial charge in [0.25, 0.3) is 0 Å². The molecule has 0 aliphatic rings. The summed E-state index contributed by atoms with van der Waals surface area (Å²) in [4.78, 5) is 11.4. The molecule has 3 rings (SSSR count). The number of hydrogen-bond acceptors (Lipinski definition) is 4. The number of nitrogens with zero attached hydrogens (tertiary/aromatic N) is 3. The van der Waals surface area contributed by atoms with Crippen molar-refractivity contribution in [3.8, 4) is 23.4 Å². The van der Waals surface area contributed by atoms with Crippen molar-refractivity contribution in [3.05, 3.63) is 69.8 Å². The Morgan fingerprint density at radius 3 is 2.44 bits per heavy atom. The molecule has 1 aromatic heterocycles. The lowest BCUT2D eigenvalue weighted by atomic mass is 10.2. The van der Waals surface area contributed by atoms with Crippen LogP contribution in [-0.2, 0) is 0 Å². The van der Waals surface area contributed by atoms with Gasteiger partial charge in [0.1, 0.15) is 17.4 Å². The van der Waals surface area contributed by atoms with Gasteiger partial charge < -0.3 is 9.84 Å². The van der Waals surface area contributed by atoms with E-state index in [2.05, 4.69) is 5.10 Å². The quantitative estimate of drug-likeness (QED) is 0.724. The van der Waals surface area contributed by atoms with Crippen molar-refractivity contribution < 1.29 is 14.6 Å². The molecule has 0 aliphatic carbocycles. The van der Waals surface area contributed by atoms with Crippen molar-refractivity contribution in [2.24, 2.45) is 0 Å². The number of aromatic nitrogens is 2. The number of nitriles is 1. The Morgan fingerprint density at radius 1 is 1.16 bits per heavy atom. The fraction of sp³-hybridized carbons (Fsp3) is 0. The maximum Gasteiger partial charge on any atom is 0.357 e. The molecule has 0 saturated carbocycles. The molecule has 1 heterocycles. The molecule has 0 radical (unpaired) electrons. The molecule has 2 aromatic carbocycles. The SMILES string of the molecule is N#Cc1c(C(=O)O)nn(-c2ccccc2Cl)c1Oc1ccc(Cl)cc1. The van der Waals surface area contributed by atoms with Gasteiger partial charge in [-0.15, -0.1) is 0 Å². The van der Waals surface area contributed by atoms with Gasteiger partial charge in [-0.1, -0.05) is 35.3 Å². The fourth-order valence-electron chi connectivity index (χ4n) is 2.15. The number of rotatable bonds is 4. The van der Waals surface area contributed by atoms with Crippen LogP contribution in [-0.4, -0.2) is 20.9 Å². The summed E-state index contributed by atoms with van der Waals surface area (Å²) in [7, 11) is 0. The van der Waals surface area contributed by atoms with Gasteiger partial charge in [0.15, 0.2) is 5.69 Å². The maximum absolute atomic E-state index is 11.4. The third-order valence-corrected chi connectivity index (χ3v) is 3.84. The molecule has 0 saturated heterocycles. The highest BCUT2D eigenvalue weighted by Crippen LogP contribution is 2.33. The maximum atomic E-state index is 11.4. The summed E-state index contributed by atoms with van der Waals surface area (Å²) in [6.45, 7) is 0. The molecule has 0 bridgehead atoms. The molecule has 6 nitrogen and oxygen atoms in total. The molecule has 0 spiro atoms. The zero-order valence-corrected chi connectivity index (χ0v) is 14.0. The van der Waals surface area contributed by atoms with Crippen LogP contribution in [0.2, 0.25) is 10.0 Å². The molecule has 124 valence electrons. The average Bonchev–Trinajstić information content (AvgIpc) is 2.96. The first-order valence-corrected chi connectivity index (χ1v) is 7.71. The molecule has 0 aliphatic heterocycles. The number of benzene rings is 2. The molecule has 25 heavy (non-hydrogen) atoms. The van der Waals surface area contributed by atoms with E-state index in [1.54, 1.807) is 48.5 Å². The molecule has 0 atom stereocenters. The van der Waals surface area contributed by atoms with E-state index in [1.165, 1.54) is 4.68 Å². The lowest BCUT2D eigenvalue weighted by molar-refractivity contribution is 0.0689. The van der Waals surface area contributed by atoms with Crippen molar-refractivity contribution in [1.29, 1.82) is 5.26 Å². The van der Waals surface area contributed by atoms with Crippen molar-refractivity contribution in [2.75, 3.05) is 0 Å². The molecular formula is C17H9Cl2N3O3. The highest BCUT2D eigenvalue weighted by Gasteiger charge is 2.26. The monoisotopic (exact) mass is 373 g/mol. The standard InChI is InChI=1S/C17H9Cl2N3O3/c18-10-5-7-11(8-6-10)25-16-12(9-20)15(17(23)24)21-22(16)14-4-2-1-3-13(14)19/h1-8H,(H,23,24). The van der Waals surface area contributed by atoms with Gasteiger partial charge in [-0.25, -0.2) is 4.79 Å². The molecule has 0 unspecified atom stereocenters. The normalized spacial score (nSPS) is 10.3. The predicted octanol–water partition coefficient (Wildman–Crippen LogP) is 4.54. The predicted molar refractivity (Wildman–Crippen MR) is 91.8 cm³/mol. The van der Waals surface area contributed by atoms with E-state index < -0.39 is 11.7 Å². The third kappa shape index (κ3) is 3.29. The van der Waals surface area contributed by atoms with Crippen LogP contribution in [0.4, 0.5) is 0 Å². The molecule has 3 aromatic rings. The second kappa shape index (κ2) is 6.85. The first-order valence-electron chi connectivity index (χ1n) is 6.96. The minimum Gasteiger partial charge on any atom is -0.476 e. The summed E-state index contributed by atoms with van der Waals surface area (Å²) in [6, 6.07) is 14.9. The zero-order chi connectivity index (χ0) is 18.0. The molecular weight excluding hydrogens is 365 g/mol.